The number of rotatable bonds is 2. The van der Waals surface area contributed by atoms with Crippen molar-refractivity contribution >= 4 is 40.7 Å². The van der Waals surface area contributed by atoms with Crippen molar-refractivity contribution in [2.75, 3.05) is 5.75 Å². The number of aryl methyl sites for hydroxylation is 1. The van der Waals surface area contributed by atoms with Gasteiger partial charge in [-0.25, -0.2) is 9.78 Å². The van der Waals surface area contributed by atoms with E-state index >= 15 is 0 Å². The Morgan fingerprint density at radius 3 is 3.12 bits per heavy atom. The van der Waals surface area contributed by atoms with Crippen molar-refractivity contribution in [3.63, 3.8) is 0 Å². The van der Waals surface area contributed by atoms with Crippen molar-refractivity contribution in [2.45, 2.75) is 24.2 Å². The predicted molar refractivity (Wildman–Crippen MR) is 89.4 cm³/mol. The number of carbonyl (C=O) groups excluding carboxylic acids is 1. The number of β-lactam (4-membered cyclic amide) rings is 1. The number of nitrogens with zero attached hydrogens (tertiary/aromatic N) is 3. The molecule has 5 rings (SSSR count). The van der Waals surface area contributed by atoms with Crippen LogP contribution in [0.5, 0.6) is 0 Å². The number of carboxylic acids is 1. The summed E-state index contributed by atoms with van der Waals surface area (Å²) < 4.78 is 2.20. The Labute approximate surface area is 141 Å². The highest BCUT2D eigenvalue weighted by Gasteiger charge is 2.48. The van der Waals surface area contributed by atoms with E-state index in [0.29, 0.717) is 12.0 Å². The Morgan fingerprint density at radius 1 is 1.42 bits per heavy atom. The quantitative estimate of drug-likeness (QED) is 0.670. The van der Waals surface area contributed by atoms with Gasteiger partial charge in [-0.2, -0.15) is 0 Å². The first-order valence-electron chi connectivity index (χ1n) is 7.75. The molecule has 1 saturated heterocycles. The summed E-state index contributed by atoms with van der Waals surface area (Å²) in [5.41, 5.74) is 3.79. The number of benzene rings is 1. The fraction of sp³-hybridized carbons (Fsp3) is 0.235. The summed E-state index contributed by atoms with van der Waals surface area (Å²) in [6.45, 7) is 0.956. The number of imidazole rings is 1. The summed E-state index contributed by atoms with van der Waals surface area (Å²) in [5.74, 6) is -0.207. The molecule has 1 aromatic carbocycles. The Bertz CT molecular complexity index is 988. The van der Waals surface area contributed by atoms with Gasteiger partial charge < -0.3 is 9.67 Å². The first kappa shape index (κ1) is 13.9. The largest absolute Gasteiger partial charge is 0.477 e. The summed E-state index contributed by atoms with van der Waals surface area (Å²) in [6.07, 6.45) is 4.07. The molecule has 0 saturated carbocycles. The number of hydrogen-bond acceptors (Lipinski definition) is 4. The lowest BCUT2D eigenvalue weighted by molar-refractivity contribution is -0.142. The van der Waals surface area contributed by atoms with Crippen LogP contribution in [0.3, 0.4) is 0 Å². The number of fused-ring (bicyclic) bond motifs is 4. The number of hydrogen-bond donors (Lipinski definition) is 1. The molecule has 1 aromatic heterocycles. The van der Waals surface area contributed by atoms with Gasteiger partial charge in [0, 0.05) is 17.9 Å². The maximum Gasteiger partial charge on any atom is 0.352 e. The second-order valence-corrected chi connectivity index (χ2v) is 7.13. The van der Waals surface area contributed by atoms with Crippen LogP contribution in [0.2, 0.25) is 0 Å². The minimum Gasteiger partial charge on any atom is -0.477 e. The molecule has 4 heterocycles. The zero-order chi connectivity index (χ0) is 16.4. The molecule has 2 aromatic rings. The molecule has 1 amide bonds. The fourth-order valence-corrected chi connectivity index (χ4v) is 4.58. The van der Waals surface area contributed by atoms with E-state index < -0.39 is 5.97 Å². The third-order valence-corrected chi connectivity index (χ3v) is 5.71. The van der Waals surface area contributed by atoms with Crippen LogP contribution in [0, 0.1) is 0 Å². The van der Waals surface area contributed by atoms with Gasteiger partial charge in [0.1, 0.15) is 5.70 Å². The van der Waals surface area contributed by atoms with Crippen LogP contribution < -0.4 is 0 Å². The van der Waals surface area contributed by atoms with Crippen LogP contribution in [0.1, 0.15) is 12.0 Å². The second-order valence-electron chi connectivity index (χ2n) is 6.06. The van der Waals surface area contributed by atoms with Crippen molar-refractivity contribution < 1.29 is 14.7 Å². The summed E-state index contributed by atoms with van der Waals surface area (Å²) in [7, 11) is 0. The zero-order valence-electron chi connectivity index (χ0n) is 12.6. The first-order valence-corrected chi connectivity index (χ1v) is 8.74. The van der Waals surface area contributed by atoms with E-state index in [4.69, 9.17) is 5.11 Å². The molecule has 1 unspecified atom stereocenters. The van der Waals surface area contributed by atoms with Gasteiger partial charge in [-0.3, -0.25) is 9.69 Å². The molecule has 1 atom stereocenters. The number of thioether (sulfide) groups is 1. The molecule has 0 radical (unpaired) electrons. The molecule has 1 N–H and O–H groups in total. The monoisotopic (exact) mass is 339 g/mol. The summed E-state index contributed by atoms with van der Waals surface area (Å²) in [4.78, 5) is 29.4. The van der Waals surface area contributed by atoms with Crippen LogP contribution in [-0.2, 0) is 16.1 Å². The number of aliphatic carboxylic acids is 1. The van der Waals surface area contributed by atoms with Crippen LogP contribution in [0.4, 0.5) is 0 Å². The first-order chi connectivity index (χ1) is 11.6. The number of amides is 1. The van der Waals surface area contributed by atoms with Gasteiger partial charge in [0.25, 0.3) is 5.91 Å². The molecule has 3 aliphatic rings. The maximum atomic E-state index is 12.3. The van der Waals surface area contributed by atoms with E-state index in [1.165, 1.54) is 4.90 Å². The van der Waals surface area contributed by atoms with Crippen LogP contribution in [0.15, 0.2) is 40.7 Å². The molecule has 0 aliphatic carbocycles. The minimum atomic E-state index is -1.04. The average Bonchev–Trinajstić information content (AvgIpc) is 3.24. The van der Waals surface area contributed by atoms with Gasteiger partial charge in [-0.15, -0.1) is 0 Å². The van der Waals surface area contributed by atoms with Crippen LogP contribution in [-0.4, -0.2) is 43.2 Å². The van der Waals surface area contributed by atoms with Gasteiger partial charge in [0.2, 0.25) is 0 Å². The third kappa shape index (κ3) is 1.76. The predicted octanol–water partition coefficient (Wildman–Crippen LogP) is 2.11. The van der Waals surface area contributed by atoms with E-state index in [2.05, 4.69) is 15.6 Å². The summed E-state index contributed by atoms with van der Waals surface area (Å²) >= 11 is 1.76. The van der Waals surface area contributed by atoms with E-state index in [1.54, 1.807) is 17.8 Å². The van der Waals surface area contributed by atoms with Gasteiger partial charge in [-0.1, -0.05) is 23.9 Å². The van der Waals surface area contributed by atoms with Crippen LogP contribution >= 0.6 is 11.8 Å². The molecular formula is C17H13N3O3S. The topological polar surface area (TPSA) is 75.4 Å². The Balaban J connectivity index is 1.50. The Kier molecular flexibility index (Phi) is 2.73. The molecule has 3 aliphatic heterocycles. The number of carbonyl (C=O) groups is 2. The van der Waals surface area contributed by atoms with Gasteiger partial charge in [0.05, 0.1) is 17.1 Å². The van der Waals surface area contributed by atoms with Crippen molar-refractivity contribution in [1.29, 1.82) is 0 Å². The fourth-order valence-electron chi connectivity index (χ4n) is 3.62. The zero-order valence-corrected chi connectivity index (χ0v) is 13.4. The lowest BCUT2D eigenvalue weighted by Gasteiger charge is -2.38. The van der Waals surface area contributed by atoms with E-state index in [1.807, 2.05) is 18.2 Å². The standard InChI is InChI=1S/C17H13N3O3S/c21-15-10(12-3-4-13(16(22)23)20(12)15)7-9-1-2-11-14(8-9)19-5-6-24-17(19)18-11/h1-2,4,7-8,12H,3,5-6H2,(H,22,23)/b10-7+. The SMILES string of the molecule is O=C(O)C1=CCC2/C(=C\c3ccc4nc5n(c4c3)CCS5)C(=O)N12. The second kappa shape index (κ2) is 4.73. The highest BCUT2D eigenvalue weighted by molar-refractivity contribution is 7.99. The molecule has 0 bridgehead atoms. The molecule has 0 spiro atoms. The van der Waals surface area contributed by atoms with Crippen molar-refractivity contribution in [3.8, 4) is 0 Å². The number of carboxylic acid groups (broad SMARTS) is 1. The average molecular weight is 339 g/mol. The van der Waals surface area contributed by atoms with Crippen molar-refractivity contribution in [1.82, 2.24) is 14.5 Å². The molecule has 7 heteroatoms. The maximum absolute atomic E-state index is 12.3. The van der Waals surface area contributed by atoms with Crippen LogP contribution in [0.25, 0.3) is 17.1 Å². The van der Waals surface area contributed by atoms with Crippen molar-refractivity contribution in [2.24, 2.45) is 0 Å². The number of aromatic nitrogens is 2. The highest BCUT2D eigenvalue weighted by Crippen LogP contribution is 2.39. The van der Waals surface area contributed by atoms with Crippen molar-refractivity contribution in [3.05, 3.63) is 41.1 Å². The Hall–Kier alpha value is -2.54. The lowest BCUT2D eigenvalue weighted by Crippen LogP contribution is -2.52. The molecule has 120 valence electrons. The van der Waals surface area contributed by atoms with Gasteiger partial charge in [-0.05, 0) is 30.2 Å². The van der Waals surface area contributed by atoms with E-state index in [0.717, 1.165) is 34.1 Å². The molecule has 6 nitrogen and oxygen atoms in total. The van der Waals surface area contributed by atoms with E-state index in [9.17, 15) is 9.59 Å². The smallest absolute Gasteiger partial charge is 0.352 e. The molecular weight excluding hydrogens is 326 g/mol. The summed E-state index contributed by atoms with van der Waals surface area (Å²) in [6, 6.07) is 5.86. The molecule has 24 heavy (non-hydrogen) atoms. The summed E-state index contributed by atoms with van der Waals surface area (Å²) in [5, 5.41) is 10.2. The van der Waals surface area contributed by atoms with Gasteiger partial charge in [0.15, 0.2) is 5.16 Å². The van der Waals surface area contributed by atoms with Gasteiger partial charge >= 0.3 is 5.97 Å². The Morgan fingerprint density at radius 2 is 2.29 bits per heavy atom. The lowest BCUT2D eigenvalue weighted by atomic mass is 9.92. The van der Waals surface area contributed by atoms with E-state index in [-0.39, 0.29) is 17.6 Å². The third-order valence-electron chi connectivity index (χ3n) is 4.76. The minimum absolute atomic E-state index is 0.100. The highest BCUT2D eigenvalue weighted by atomic mass is 32.2. The molecule has 1 fully saturated rings. The normalized spacial score (nSPS) is 23.4.